The molecule has 0 atom stereocenters. The van der Waals surface area contributed by atoms with Gasteiger partial charge in [0, 0.05) is 19.8 Å². The molecule has 0 spiro atoms. The Morgan fingerprint density at radius 3 is 2.50 bits per heavy atom. The number of aliphatic imine (C=N–C) groups is 1. The highest BCUT2D eigenvalue weighted by Gasteiger charge is 2.28. The van der Waals surface area contributed by atoms with Gasteiger partial charge in [0.1, 0.15) is 5.82 Å². The van der Waals surface area contributed by atoms with E-state index in [4.69, 9.17) is 0 Å². The molecule has 0 unspecified atom stereocenters. The van der Waals surface area contributed by atoms with Gasteiger partial charge in [-0.2, -0.15) is 0 Å². The van der Waals surface area contributed by atoms with Crippen LogP contribution >= 0.6 is 24.2 Å². The number of hydrogen-bond acceptors (Lipinski definition) is 3. The van der Waals surface area contributed by atoms with Crippen molar-refractivity contribution in [3.05, 3.63) is 30.1 Å². The van der Waals surface area contributed by atoms with Gasteiger partial charge in [-0.1, -0.05) is 11.8 Å². The normalized spacial score (nSPS) is 17.9. The topological polar surface area (TPSA) is 35.9 Å². The van der Waals surface area contributed by atoms with E-state index in [2.05, 4.69) is 4.99 Å². The first-order valence-corrected chi connectivity index (χ1v) is 6.02. The number of rotatable bonds is 1. The number of urea groups is 1. The van der Waals surface area contributed by atoms with E-state index in [1.807, 2.05) is 0 Å². The zero-order valence-electron chi connectivity index (χ0n) is 9.96. The minimum absolute atomic E-state index is 0. The number of benzene rings is 1. The molecule has 2 rings (SSSR count). The summed E-state index contributed by atoms with van der Waals surface area (Å²) >= 11 is 1.47. The van der Waals surface area contributed by atoms with Crippen molar-refractivity contribution in [2.45, 2.75) is 0 Å². The van der Waals surface area contributed by atoms with Crippen LogP contribution in [0.15, 0.2) is 29.3 Å². The van der Waals surface area contributed by atoms with Crippen molar-refractivity contribution in [1.29, 1.82) is 0 Å². The number of amidine groups is 1. The second-order valence-electron chi connectivity index (χ2n) is 3.53. The van der Waals surface area contributed by atoms with Crippen molar-refractivity contribution in [1.82, 2.24) is 4.90 Å². The van der Waals surface area contributed by atoms with E-state index in [0.717, 1.165) is 0 Å². The van der Waals surface area contributed by atoms with Crippen molar-refractivity contribution >= 4 is 41.1 Å². The average molecular weight is 290 g/mol. The first kappa shape index (κ1) is 14.8. The Morgan fingerprint density at radius 2 is 1.94 bits per heavy atom. The summed E-state index contributed by atoms with van der Waals surface area (Å²) in [6.45, 7) is 0. The van der Waals surface area contributed by atoms with Crippen molar-refractivity contribution in [3.63, 3.8) is 0 Å². The number of carbonyl (C=O) groups excluding carboxylic acids is 1. The standard InChI is InChI=1S/C11H12FN3OS.ClH/c1-13-10-14(2)11(16)15(7-17-10)9-5-3-8(12)4-6-9;/h3-6H,7H2,1-2H3;1H/b13-10-;. The van der Waals surface area contributed by atoms with Gasteiger partial charge in [0.25, 0.3) is 0 Å². The van der Waals surface area contributed by atoms with Crippen molar-refractivity contribution in [2.75, 3.05) is 24.9 Å². The molecule has 0 bridgehead atoms. The molecule has 1 aromatic rings. The fraction of sp³-hybridized carbons (Fsp3) is 0.273. The van der Waals surface area contributed by atoms with Gasteiger partial charge in [0.05, 0.1) is 5.88 Å². The number of anilines is 1. The molecule has 1 aliphatic heterocycles. The van der Waals surface area contributed by atoms with Crippen LogP contribution in [0.4, 0.5) is 14.9 Å². The van der Waals surface area contributed by atoms with Gasteiger partial charge in [-0.05, 0) is 24.3 Å². The number of halogens is 2. The summed E-state index contributed by atoms with van der Waals surface area (Å²) in [7, 11) is 3.33. The molecule has 1 fully saturated rings. The maximum absolute atomic E-state index is 12.8. The SMILES string of the molecule is C/N=C1\SCN(c2ccc(F)cc2)C(=O)N1C.Cl. The largest absolute Gasteiger partial charge is 0.331 e. The molecule has 0 aliphatic carbocycles. The predicted octanol–water partition coefficient (Wildman–Crippen LogP) is 2.80. The van der Waals surface area contributed by atoms with Gasteiger partial charge in [0.15, 0.2) is 5.17 Å². The number of nitrogens with zero attached hydrogens (tertiary/aromatic N) is 3. The van der Waals surface area contributed by atoms with E-state index in [1.165, 1.54) is 28.8 Å². The number of carbonyl (C=O) groups is 1. The third kappa shape index (κ3) is 2.76. The zero-order chi connectivity index (χ0) is 12.4. The van der Waals surface area contributed by atoms with Crippen LogP contribution in [0.3, 0.4) is 0 Å². The summed E-state index contributed by atoms with van der Waals surface area (Å²) < 4.78 is 12.8. The van der Waals surface area contributed by atoms with E-state index in [9.17, 15) is 9.18 Å². The lowest BCUT2D eigenvalue weighted by molar-refractivity contribution is 0.233. The Kier molecular flexibility index (Phi) is 4.98. The van der Waals surface area contributed by atoms with Crippen LogP contribution in [0.2, 0.25) is 0 Å². The fourth-order valence-corrected chi connectivity index (χ4v) is 2.46. The number of amides is 2. The van der Waals surface area contributed by atoms with Crippen LogP contribution < -0.4 is 4.90 Å². The minimum atomic E-state index is -0.310. The van der Waals surface area contributed by atoms with Crippen molar-refractivity contribution in [2.24, 2.45) is 4.99 Å². The van der Waals surface area contributed by atoms with Gasteiger partial charge in [-0.15, -0.1) is 12.4 Å². The molecule has 1 aliphatic rings. The monoisotopic (exact) mass is 289 g/mol. The van der Waals surface area contributed by atoms with Gasteiger partial charge < -0.3 is 0 Å². The lowest BCUT2D eigenvalue weighted by atomic mass is 10.3. The fourth-order valence-electron chi connectivity index (χ4n) is 1.56. The highest BCUT2D eigenvalue weighted by Crippen LogP contribution is 2.25. The summed E-state index contributed by atoms with van der Waals surface area (Å²) in [5, 5.41) is 0.688. The average Bonchev–Trinajstić information content (AvgIpc) is 2.34. The van der Waals surface area contributed by atoms with E-state index in [1.54, 1.807) is 31.1 Å². The van der Waals surface area contributed by atoms with E-state index in [0.29, 0.717) is 16.7 Å². The van der Waals surface area contributed by atoms with Crippen LogP contribution in [0.5, 0.6) is 0 Å². The third-order valence-corrected chi connectivity index (χ3v) is 3.56. The molecular formula is C11H13ClFN3OS. The minimum Gasteiger partial charge on any atom is -0.284 e. The van der Waals surface area contributed by atoms with Crippen LogP contribution in [-0.4, -0.2) is 36.1 Å². The first-order chi connectivity index (χ1) is 8.13. The Balaban J connectivity index is 0.00000162. The molecule has 18 heavy (non-hydrogen) atoms. The van der Waals surface area contributed by atoms with Crippen molar-refractivity contribution < 1.29 is 9.18 Å². The Hall–Kier alpha value is -1.27. The predicted molar refractivity (Wildman–Crippen MR) is 75.1 cm³/mol. The molecule has 98 valence electrons. The second kappa shape index (κ2) is 6.06. The van der Waals surface area contributed by atoms with Crippen LogP contribution in [0.25, 0.3) is 0 Å². The highest BCUT2D eigenvalue weighted by atomic mass is 35.5. The van der Waals surface area contributed by atoms with E-state index in [-0.39, 0.29) is 24.3 Å². The molecule has 7 heteroatoms. The molecule has 0 radical (unpaired) electrons. The maximum atomic E-state index is 12.8. The number of hydrogen-bond donors (Lipinski definition) is 0. The molecule has 1 heterocycles. The lowest BCUT2D eigenvalue weighted by Gasteiger charge is -2.33. The molecule has 2 amide bonds. The molecule has 1 saturated heterocycles. The molecule has 0 N–H and O–H groups in total. The Morgan fingerprint density at radius 1 is 1.33 bits per heavy atom. The highest BCUT2D eigenvalue weighted by molar-refractivity contribution is 8.14. The van der Waals surface area contributed by atoms with Crippen molar-refractivity contribution in [3.8, 4) is 0 Å². The summed E-state index contributed by atoms with van der Waals surface area (Å²) in [6, 6.07) is 5.72. The maximum Gasteiger partial charge on any atom is 0.331 e. The Labute approximate surface area is 115 Å². The summed E-state index contributed by atoms with van der Waals surface area (Å²) in [4.78, 5) is 19.1. The Bertz CT molecular complexity index is 466. The summed E-state index contributed by atoms with van der Waals surface area (Å²) in [6.07, 6.45) is 0. The van der Waals surface area contributed by atoms with Crippen LogP contribution in [0.1, 0.15) is 0 Å². The molecule has 0 aromatic heterocycles. The smallest absolute Gasteiger partial charge is 0.284 e. The van der Waals surface area contributed by atoms with Crippen LogP contribution in [0, 0.1) is 5.82 Å². The van der Waals surface area contributed by atoms with Gasteiger partial charge >= 0.3 is 6.03 Å². The first-order valence-electron chi connectivity index (χ1n) is 5.04. The molecule has 4 nitrogen and oxygen atoms in total. The van der Waals surface area contributed by atoms with Gasteiger partial charge in [-0.25, -0.2) is 9.18 Å². The van der Waals surface area contributed by atoms with E-state index < -0.39 is 0 Å². The molecular weight excluding hydrogens is 277 g/mol. The lowest BCUT2D eigenvalue weighted by Crippen LogP contribution is -2.48. The van der Waals surface area contributed by atoms with Gasteiger partial charge in [0.2, 0.25) is 0 Å². The third-order valence-electron chi connectivity index (χ3n) is 2.46. The molecule has 0 saturated carbocycles. The van der Waals surface area contributed by atoms with E-state index >= 15 is 0 Å². The molecule has 1 aromatic carbocycles. The summed E-state index contributed by atoms with van der Waals surface area (Å²) in [5.74, 6) is 0.177. The zero-order valence-corrected chi connectivity index (χ0v) is 11.6. The van der Waals surface area contributed by atoms with Crippen LogP contribution in [-0.2, 0) is 0 Å². The second-order valence-corrected chi connectivity index (χ2v) is 4.44. The quantitative estimate of drug-likeness (QED) is 0.797. The summed E-state index contributed by atoms with van der Waals surface area (Å²) in [5.41, 5.74) is 0.686. The number of thioether (sulfide) groups is 1. The van der Waals surface area contributed by atoms with Gasteiger partial charge in [-0.3, -0.25) is 14.8 Å².